The highest BCUT2D eigenvalue weighted by molar-refractivity contribution is 9.09. The largest absolute Gasteiger partial charge is 0.396 e. The number of hydrogen-bond donors (Lipinski definition) is 1. The third-order valence-electron chi connectivity index (χ3n) is 7.98. The molecule has 1 N–H and O–H groups in total. The van der Waals surface area contributed by atoms with Gasteiger partial charge in [0.05, 0.1) is 0 Å². The van der Waals surface area contributed by atoms with Gasteiger partial charge in [-0.25, -0.2) is 0 Å². The lowest BCUT2D eigenvalue weighted by atomic mass is 10.3. The Hall–Kier alpha value is 0.440. The van der Waals surface area contributed by atoms with Crippen LogP contribution in [0.15, 0.2) is 0 Å². The number of aliphatic hydroxyl groups is 1. The zero-order valence-electron chi connectivity index (χ0n) is 11.1. The lowest BCUT2D eigenvalue weighted by Crippen LogP contribution is -1.87. The van der Waals surface area contributed by atoms with Crippen LogP contribution in [0.25, 0.3) is 0 Å². The molecule has 2 heteroatoms. The van der Waals surface area contributed by atoms with Gasteiger partial charge in [0.15, 0.2) is 0 Å². The van der Waals surface area contributed by atoms with Gasteiger partial charge in [-0.1, -0.05) is 15.9 Å². The first-order chi connectivity index (χ1) is 8.71. The Morgan fingerprint density at radius 3 is 1.17 bits per heavy atom. The molecule has 6 fully saturated rings. The normalized spacial score (nSPS) is 45.7. The molecule has 18 heavy (non-hydrogen) atoms. The summed E-state index contributed by atoms with van der Waals surface area (Å²) in [6, 6.07) is 0. The van der Waals surface area contributed by atoms with Gasteiger partial charge in [-0.15, -0.1) is 0 Å². The summed E-state index contributed by atoms with van der Waals surface area (Å²) in [5, 5.41) is 10.2. The van der Waals surface area contributed by atoms with Crippen LogP contribution in [0.5, 0.6) is 0 Å². The molecule has 0 radical (unpaired) electrons. The van der Waals surface area contributed by atoms with Gasteiger partial charge in [0.25, 0.3) is 0 Å². The van der Waals surface area contributed by atoms with Gasteiger partial charge in [0, 0.05) is 11.9 Å². The van der Waals surface area contributed by atoms with Crippen LogP contribution < -0.4 is 0 Å². The molecule has 0 amide bonds. The predicted octanol–water partition coefficient (Wildman–Crippen LogP) is 3.74. The second-order valence-corrected chi connectivity index (χ2v) is 8.71. The van der Waals surface area contributed by atoms with Crippen molar-refractivity contribution in [2.24, 2.45) is 33.5 Å². The summed E-state index contributed by atoms with van der Waals surface area (Å²) < 4.78 is 0. The van der Waals surface area contributed by atoms with Gasteiger partial charge in [-0.05, 0) is 84.9 Å². The first kappa shape index (κ1) is 11.1. The minimum absolute atomic E-state index is 0.472. The molecule has 0 bridgehead atoms. The summed E-state index contributed by atoms with van der Waals surface area (Å²) in [5.41, 5.74) is 3.30. The number of fused-ring (bicyclic) bond motifs is 2. The zero-order valence-corrected chi connectivity index (χ0v) is 12.6. The maximum absolute atomic E-state index is 8.96. The summed E-state index contributed by atoms with van der Waals surface area (Å²) in [5.74, 6) is 1.84. The Labute approximate surface area is 118 Å². The second-order valence-electron chi connectivity index (χ2n) is 8.07. The highest BCUT2D eigenvalue weighted by Crippen LogP contribution is 2.93. The quantitative estimate of drug-likeness (QED) is 0.770. The van der Waals surface area contributed by atoms with Crippen LogP contribution in [-0.2, 0) is 0 Å². The topological polar surface area (TPSA) is 20.2 Å². The van der Waals surface area contributed by atoms with E-state index >= 15 is 0 Å². The zero-order chi connectivity index (χ0) is 12.2. The Morgan fingerprint density at radius 2 is 1.06 bits per heavy atom. The van der Waals surface area contributed by atoms with Crippen molar-refractivity contribution in [2.45, 2.75) is 51.4 Å². The summed E-state index contributed by atoms with van der Waals surface area (Å²) in [6.45, 7) is 0.472. The standard InChI is InChI=1S/C8H11Br.C8H12O/c2*9-5-6-7(1-2-7)8(6)3-4-8/h6H,1-5H2;6,9H,1-5H2. The van der Waals surface area contributed by atoms with E-state index in [9.17, 15) is 0 Å². The average molecular weight is 311 g/mol. The fourth-order valence-electron chi connectivity index (χ4n) is 6.25. The summed E-state index contributed by atoms with van der Waals surface area (Å²) in [7, 11) is 0. The van der Waals surface area contributed by atoms with E-state index in [1.807, 2.05) is 0 Å². The molecule has 0 heterocycles. The summed E-state index contributed by atoms with van der Waals surface area (Å²) in [6.07, 6.45) is 12.0. The number of hydrogen-bond acceptors (Lipinski definition) is 1. The van der Waals surface area contributed by atoms with Gasteiger partial charge in [0.1, 0.15) is 0 Å². The van der Waals surface area contributed by atoms with E-state index in [0.717, 1.165) is 33.5 Å². The molecule has 6 rings (SSSR count). The first-order valence-electron chi connectivity index (χ1n) is 7.88. The molecule has 6 aliphatic rings. The monoisotopic (exact) mass is 310 g/mol. The Bertz CT molecular complexity index is 337. The van der Waals surface area contributed by atoms with E-state index in [1.165, 1.54) is 31.0 Å². The second kappa shape index (κ2) is 2.88. The molecule has 0 unspecified atom stereocenters. The van der Waals surface area contributed by atoms with Crippen LogP contribution in [0, 0.1) is 33.5 Å². The smallest absolute Gasteiger partial charge is 0.0470 e. The Morgan fingerprint density at radius 1 is 0.722 bits per heavy atom. The molecule has 6 aliphatic carbocycles. The van der Waals surface area contributed by atoms with E-state index in [0.29, 0.717) is 6.61 Å². The molecule has 4 spiro atoms. The predicted molar refractivity (Wildman–Crippen MR) is 74.5 cm³/mol. The minimum Gasteiger partial charge on any atom is -0.396 e. The molecule has 6 saturated carbocycles. The highest BCUT2D eigenvalue weighted by Gasteiger charge is 2.86. The fourth-order valence-corrected chi connectivity index (χ4v) is 7.49. The fraction of sp³-hybridized carbons (Fsp3) is 1.00. The van der Waals surface area contributed by atoms with Crippen molar-refractivity contribution in [3.63, 3.8) is 0 Å². The Balaban J connectivity index is 0.0000000896. The van der Waals surface area contributed by atoms with Crippen LogP contribution in [-0.4, -0.2) is 17.0 Å². The molecule has 1 nitrogen and oxygen atoms in total. The molecule has 0 aromatic heterocycles. The van der Waals surface area contributed by atoms with Gasteiger partial charge in [-0.3, -0.25) is 0 Å². The van der Waals surface area contributed by atoms with Gasteiger partial charge in [-0.2, -0.15) is 0 Å². The number of halogens is 1. The molecule has 0 aliphatic heterocycles. The van der Waals surface area contributed by atoms with Crippen molar-refractivity contribution in [3.8, 4) is 0 Å². The SMILES string of the molecule is BrCC1C2(CC2)C12CC2.OCC1C2(CC2)C12CC2. The minimum atomic E-state index is 0.472. The van der Waals surface area contributed by atoms with Crippen molar-refractivity contribution in [1.29, 1.82) is 0 Å². The van der Waals surface area contributed by atoms with Crippen LogP contribution in [0.1, 0.15) is 51.4 Å². The maximum Gasteiger partial charge on any atom is 0.0470 e. The number of alkyl halides is 1. The van der Waals surface area contributed by atoms with E-state index in [1.54, 1.807) is 25.7 Å². The van der Waals surface area contributed by atoms with Crippen molar-refractivity contribution in [2.75, 3.05) is 11.9 Å². The average Bonchev–Trinajstić information content (AvgIpc) is 3.23. The first-order valence-corrected chi connectivity index (χ1v) is 9.00. The molecular weight excluding hydrogens is 288 g/mol. The van der Waals surface area contributed by atoms with Gasteiger partial charge in [0.2, 0.25) is 0 Å². The lowest BCUT2D eigenvalue weighted by molar-refractivity contribution is 0.261. The molecular formula is C16H23BrO. The molecule has 0 atom stereocenters. The number of aliphatic hydroxyl groups excluding tert-OH is 1. The Kier molecular flexibility index (Phi) is 1.78. The summed E-state index contributed by atoms with van der Waals surface area (Å²) >= 11 is 3.61. The highest BCUT2D eigenvalue weighted by atomic mass is 79.9. The lowest BCUT2D eigenvalue weighted by Gasteiger charge is -1.82. The van der Waals surface area contributed by atoms with E-state index in [4.69, 9.17) is 5.11 Å². The van der Waals surface area contributed by atoms with Crippen LogP contribution >= 0.6 is 15.9 Å². The van der Waals surface area contributed by atoms with Crippen molar-refractivity contribution in [3.05, 3.63) is 0 Å². The van der Waals surface area contributed by atoms with Crippen LogP contribution in [0.4, 0.5) is 0 Å². The molecule has 100 valence electrons. The molecule has 0 aromatic carbocycles. The third-order valence-corrected chi connectivity index (χ3v) is 8.62. The van der Waals surface area contributed by atoms with Crippen molar-refractivity contribution in [1.82, 2.24) is 0 Å². The van der Waals surface area contributed by atoms with E-state index < -0.39 is 0 Å². The van der Waals surface area contributed by atoms with E-state index in [2.05, 4.69) is 15.9 Å². The molecule has 0 saturated heterocycles. The third kappa shape index (κ3) is 1.01. The van der Waals surface area contributed by atoms with Crippen LogP contribution in [0.3, 0.4) is 0 Å². The number of rotatable bonds is 2. The van der Waals surface area contributed by atoms with Crippen molar-refractivity contribution < 1.29 is 5.11 Å². The van der Waals surface area contributed by atoms with Crippen molar-refractivity contribution >= 4 is 15.9 Å². The maximum atomic E-state index is 8.96. The summed E-state index contributed by atoms with van der Waals surface area (Å²) in [4.78, 5) is 0. The van der Waals surface area contributed by atoms with E-state index in [-0.39, 0.29) is 0 Å². The molecule has 0 aromatic rings. The van der Waals surface area contributed by atoms with Gasteiger partial charge < -0.3 is 5.11 Å². The van der Waals surface area contributed by atoms with Gasteiger partial charge >= 0.3 is 0 Å². The van der Waals surface area contributed by atoms with Crippen LogP contribution in [0.2, 0.25) is 0 Å².